The summed E-state index contributed by atoms with van der Waals surface area (Å²) < 4.78 is 1.20. The van der Waals surface area contributed by atoms with Crippen LogP contribution in [0.1, 0.15) is 0 Å². The van der Waals surface area contributed by atoms with Crippen LogP contribution < -0.4 is 5.46 Å². The molecule has 0 N–H and O–H groups in total. The fourth-order valence-corrected chi connectivity index (χ4v) is 1.43. The second-order valence-electron chi connectivity index (χ2n) is 2.30. The average Bonchev–Trinajstić information content (AvgIpc) is 1.88. The lowest BCUT2D eigenvalue weighted by molar-refractivity contribution is 1.70. The Morgan fingerprint density at radius 1 is 1.44 bits per heavy atom. The molecule has 0 aliphatic carbocycles. The highest BCUT2D eigenvalue weighted by Gasteiger charge is 1.82. The minimum Gasteiger partial charge on any atom is -0.216 e. The quantitative estimate of drug-likeness (QED) is 0.576. The maximum Gasteiger partial charge on any atom is 0.0143 e. The minimum absolute atomic E-state index is 0.147. The zero-order chi connectivity index (χ0) is 6.69. The number of rotatable bonds is 1. The van der Waals surface area contributed by atoms with E-state index < -0.39 is 0 Å². The van der Waals surface area contributed by atoms with Crippen molar-refractivity contribution in [2.45, 2.75) is 6.82 Å². The Labute approximate surface area is 64.7 Å². The number of benzene rings is 1. The molecule has 1 rings (SSSR count). The molecule has 0 nitrogen and oxygen atoms in total. The van der Waals surface area contributed by atoms with Crippen molar-refractivity contribution < 1.29 is 0 Å². The van der Waals surface area contributed by atoms with Gasteiger partial charge in [0.15, 0.2) is 0 Å². The summed E-state index contributed by atoms with van der Waals surface area (Å²) in [5.41, 5.74) is 1.50. The summed E-state index contributed by atoms with van der Waals surface area (Å²) >= 11 is 3.42. The molecular weight excluding hydrogens is 175 g/mol. The first-order valence-corrected chi connectivity index (χ1v) is 4.30. The molecule has 0 aliphatic rings. The highest BCUT2D eigenvalue weighted by Crippen LogP contribution is 2.04. The van der Waals surface area contributed by atoms with Crippen molar-refractivity contribution in [3.63, 3.8) is 0 Å². The monoisotopic (exact) mass is 183 g/mol. The molecule has 0 aliphatic heterocycles. The zero-order valence-corrected chi connectivity index (χ0v) is 7.27. The van der Waals surface area contributed by atoms with Gasteiger partial charge in [0.1, 0.15) is 0 Å². The molecule has 0 aromatic heterocycles. The van der Waals surface area contributed by atoms with Crippen molar-refractivity contribution >= 4 is 28.7 Å². The van der Waals surface area contributed by atoms with Gasteiger partial charge in [-0.2, -0.15) is 6.82 Å². The van der Waals surface area contributed by atoms with E-state index in [4.69, 9.17) is 0 Å². The molecule has 0 amide bonds. The van der Waals surface area contributed by atoms with Crippen molar-refractivity contribution in [1.29, 1.82) is 0 Å². The Bertz CT molecular complexity index is 198. The van der Waals surface area contributed by atoms with Gasteiger partial charge in [0, 0.05) is 4.47 Å². The number of hydrogen-bond acceptors (Lipinski definition) is 0. The second kappa shape index (κ2) is 3.07. The van der Waals surface area contributed by atoms with Gasteiger partial charge < -0.3 is 0 Å². The van der Waals surface area contributed by atoms with Gasteiger partial charge in [0.05, 0.1) is 0 Å². The predicted octanol–water partition coefficient (Wildman–Crippen LogP) is 1.29. The van der Waals surface area contributed by atoms with Gasteiger partial charge in [-0.25, -0.2) is 5.46 Å². The summed E-state index contributed by atoms with van der Waals surface area (Å²) in [6.45, 7) is 2.28. The van der Waals surface area contributed by atoms with Crippen LogP contribution in [0.4, 0.5) is 0 Å². The van der Waals surface area contributed by atoms with Gasteiger partial charge in [0.2, 0.25) is 0 Å². The van der Waals surface area contributed by atoms with Crippen LogP contribution in [-0.4, -0.2) is 7.28 Å². The van der Waals surface area contributed by atoms with E-state index in [-0.39, 0.29) is 7.28 Å². The zero-order valence-electron chi connectivity index (χ0n) is 5.69. The summed E-state index contributed by atoms with van der Waals surface area (Å²) in [7, 11) is 0.147. The first-order chi connectivity index (χ1) is 4.33. The van der Waals surface area contributed by atoms with E-state index >= 15 is 0 Å². The minimum atomic E-state index is 0.147. The summed E-state index contributed by atoms with van der Waals surface area (Å²) in [4.78, 5) is 0. The van der Waals surface area contributed by atoms with E-state index in [0.717, 1.165) is 0 Å². The molecule has 48 valence electrons. The normalized spacial score (nSPS) is 9.56. The topological polar surface area (TPSA) is 0 Å². The molecule has 0 atom stereocenters. The van der Waals surface area contributed by atoms with E-state index in [0.29, 0.717) is 0 Å². The molecule has 0 radical (unpaired) electrons. The lowest BCUT2D eigenvalue weighted by Crippen LogP contribution is -2.08. The van der Waals surface area contributed by atoms with E-state index in [1.54, 1.807) is 0 Å². The Hall–Kier alpha value is -0.235. The van der Waals surface area contributed by atoms with Crippen LogP contribution in [0.15, 0.2) is 28.7 Å². The maximum atomic E-state index is 3.42. The molecule has 0 saturated heterocycles. The Balaban J connectivity index is 2.94. The fourth-order valence-electron chi connectivity index (χ4n) is 0.917. The highest BCUT2D eigenvalue weighted by molar-refractivity contribution is 9.10. The molecular formula is C7H9BBr-. The van der Waals surface area contributed by atoms with Gasteiger partial charge >= 0.3 is 0 Å². The van der Waals surface area contributed by atoms with Gasteiger partial charge in [-0.15, -0.1) is 0 Å². The van der Waals surface area contributed by atoms with Gasteiger partial charge in [0.25, 0.3) is 0 Å². The molecule has 1 aromatic carbocycles. The predicted molar refractivity (Wildman–Crippen MR) is 48.2 cm³/mol. The van der Waals surface area contributed by atoms with E-state index in [9.17, 15) is 0 Å². The first kappa shape index (κ1) is 6.88. The summed E-state index contributed by atoms with van der Waals surface area (Å²) in [6, 6.07) is 8.53. The lowest BCUT2D eigenvalue weighted by atomic mass is 9.74. The van der Waals surface area contributed by atoms with E-state index in [1.807, 2.05) is 0 Å². The summed E-state index contributed by atoms with van der Waals surface area (Å²) in [5, 5.41) is 0. The van der Waals surface area contributed by atoms with Crippen LogP contribution in [0.2, 0.25) is 6.82 Å². The molecule has 2 heteroatoms. The average molecular weight is 184 g/mol. The first-order valence-electron chi connectivity index (χ1n) is 3.51. The molecule has 0 fully saturated rings. The largest absolute Gasteiger partial charge is 0.216 e. The van der Waals surface area contributed by atoms with Crippen LogP contribution in [0.3, 0.4) is 0 Å². The maximum absolute atomic E-state index is 3.42. The second-order valence-corrected chi connectivity index (χ2v) is 3.21. The standard InChI is InChI=1S/C7H9BBr/c1-8-6-3-2-4-7(9)5-6/h2-5H,8H2,1H3/q-1. The molecule has 9 heavy (non-hydrogen) atoms. The third-order valence-corrected chi connectivity index (χ3v) is 2.05. The van der Waals surface area contributed by atoms with E-state index in [1.165, 1.54) is 9.94 Å². The van der Waals surface area contributed by atoms with Crippen molar-refractivity contribution in [1.82, 2.24) is 0 Å². The van der Waals surface area contributed by atoms with E-state index in [2.05, 4.69) is 47.0 Å². The van der Waals surface area contributed by atoms with Gasteiger partial charge in [-0.3, -0.25) is 0 Å². The SMILES string of the molecule is C[BH2-]c1cccc(Br)c1. The molecule has 0 spiro atoms. The molecule has 1 aromatic rings. The van der Waals surface area contributed by atoms with Crippen LogP contribution in [0.25, 0.3) is 0 Å². The molecule has 0 bridgehead atoms. The smallest absolute Gasteiger partial charge is 0.0143 e. The van der Waals surface area contributed by atoms with Crippen LogP contribution >= 0.6 is 15.9 Å². The Morgan fingerprint density at radius 2 is 2.22 bits per heavy atom. The third kappa shape index (κ3) is 1.86. The summed E-state index contributed by atoms with van der Waals surface area (Å²) in [5.74, 6) is 0. The lowest BCUT2D eigenvalue weighted by Gasteiger charge is -1.99. The number of hydrogen-bond donors (Lipinski definition) is 0. The third-order valence-electron chi connectivity index (χ3n) is 1.56. The van der Waals surface area contributed by atoms with Crippen molar-refractivity contribution in [2.24, 2.45) is 0 Å². The Morgan fingerprint density at radius 3 is 2.67 bits per heavy atom. The van der Waals surface area contributed by atoms with Crippen LogP contribution in [0, 0.1) is 0 Å². The fraction of sp³-hybridized carbons (Fsp3) is 0.143. The van der Waals surface area contributed by atoms with Crippen LogP contribution in [0.5, 0.6) is 0 Å². The number of halogens is 1. The molecule has 0 unspecified atom stereocenters. The van der Waals surface area contributed by atoms with Gasteiger partial charge in [-0.1, -0.05) is 34.1 Å². The summed E-state index contributed by atoms with van der Waals surface area (Å²) in [6.07, 6.45) is 0. The molecule has 0 saturated carbocycles. The van der Waals surface area contributed by atoms with Gasteiger partial charge in [-0.05, 0) is 13.3 Å². The van der Waals surface area contributed by atoms with Crippen molar-refractivity contribution in [3.8, 4) is 0 Å². The Kier molecular flexibility index (Phi) is 2.34. The van der Waals surface area contributed by atoms with Crippen molar-refractivity contribution in [2.75, 3.05) is 0 Å². The highest BCUT2D eigenvalue weighted by atomic mass is 79.9. The molecule has 0 heterocycles. The van der Waals surface area contributed by atoms with Crippen molar-refractivity contribution in [3.05, 3.63) is 28.7 Å². The van der Waals surface area contributed by atoms with Crippen LogP contribution in [-0.2, 0) is 0 Å².